The highest BCUT2D eigenvalue weighted by Crippen LogP contribution is 2.23. The Hall–Kier alpha value is -1.30. The van der Waals surface area contributed by atoms with Crippen molar-refractivity contribution in [3.8, 4) is 0 Å². The van der Waals surface area contributed by atoms with Crippen molar-refractivity contribution in [2.45, 2.75) is 25.5 Å². The van der Waals surface area contributed by atoms with E-state index in [-0.39, 0.29) is 19.0 Å². The number of hydrogen-bond donors (Lipinski definition) is 3. The zero-order valence-corrected chi connectivity index (χ0v) is 7.75. The fourth-order valence-electron chi connectivity index (χ4n) is 1.69. The minimum absolute atomic E-state index is 0.131. The summed E-state index contributed by atoms with van der Waals surface area (Å²) in [6.07, 6.45) is -2.08. The van der Waals surface area contributed by atoms with E-state index < -0.39 is 24.1 Å². The van der Waals surface area contributed by atoms with Crippen molar-refractivity contribution in [3.05, 3.63) is 0 Å². The summed E-state index contributed by atoms with van der Waals surface area (Å²) in [5, 5.41) is 26.8. The average Bonchev–Trinajstić information content (AvgIpc) is 2.07. The topological polar surface area (TPSA) is 98.1 Å². The molecule has 14 heavy (non-hydrogen) atoms. The van der Waals surface area contributed by atoms with Gasteiger partial charge in [0.1, 0.15) is 0 Å². The second kappa shape index (κ2) is 3.83. The summed E-state index contributed by atoms with van der Waals surface area (Å²) in [5.74, 6) is -1.94. The third-order valence-electron chi connectivity index (χ3n) is 2.54. The van der Waals surface area contributed by atoms with E-state index in [0.29, 0.717) is 0 Å². The van der Waals surface area contributed by atoms with Crippen LogP contribution in [-0.4, -0.2) is 51.0 Å². The van der Waals surface area contributed by atoms with Crippen molar-refractivity contribution >= 4 is 12.1 Å². The van der Waals surface area contributed by atoms with Crippen molar-refractivity contribution < 1.29 is 24.9 Å². The molecule has 0 aromatic rings. The monoisotopic (exact) mass is 203 g/mol. The normalized spacial score (nSPS) is 32.7. The van der Waals surface area contributed by atoms with Crippen molar-refractivity contribution in [1.82, 2.24) is 4.90 Å². The number of carboxylic acids is 1. The van der Waals surface area contributed by atoms with Crippen LogP contribution in [0.4, 0.5) is 4.79 Å². The van der Waals surface area contributed by atoms with E-state index >= 15 is 0 Å². The predicted molar refractivity (Wildman–Crippen MR) is 45.9 cm³/mol. The average molecular weight is 203 g/mol. The number of amides is 1. The molecule has 1 fully saturated rings. The highest BCUT2D eigenvalue weighted by molar-refractivity contribution is 5.72. The Kier molecular flexibility index (Phi) is 2.95. The number of nitrogens with zero attached hydrogens (tertiary/aromatic N) is 1. The van der Waals surface area contributed by atoms with Crippen molar-refractivity contribution in [3.63, 3.8) is 0 Å². The van der Waals surface area contributed by atoms with Crippen LogP contribution in [0.5, 0.6) is 0 Å². The van der Waals surface area contributed by atoms with Crippen molar-refractivity contribution in [2.24, 2.45) is 5.92 Å². The summed E-state index contributed by atoms with van der Waals surface area (Å²) < 4.78 is 0. The van der Waals surface area contributed by atoms with Gasteiger partial charge in [-0.15, -0.1) is 0 Å². The molecule has 1 heterocycles. The number of β-amino-alcohol motifs (C(OH)–C–C–N with tert-alkyl or cyclic N) is 1. The van der Waals surface area contributed by atoms with E-state index in [9.17, 15) is 14.7 Å². The van der Waals surface area contributed by atoms with Gasteiger partial charge < -0.3 is 20.2 Å². The summed E-state index contributed by atoms with van der Waals surface area (Å²) >= 11 is 0. The molecule has 2 unspecified atom stereocenters. The highest BCUT2D eigenvalue weighted by Gasteiger charge is 2.38. The predicted octanol–water partition coefficient (Wildman–Crippen LogP) is -0.180. The summed E-state index contributed by atoms with van der Waals surface area (Å²) in [6.45, 7) is 1.50. The number of hydrogen-bond acceptors (Lipinski definition) is 3. The molecule has 1 aliphatic rings. The largest absolute Gasteiger partial charge is 0.481 e. The van der Waals surface area contributed by atoms with Crippen molar-refractivity contribution in [2.75, 3.05) is 6.54 Å². The maximum atomic E-state index is 10.7. The van der Waals surface area contributed by atoms with Crippen LogP contribution in [0.3, 0.4) is 0 Å². The lowest BCUT2D eigenvalue weighted by Gasteiger charge is -2.37. The van der Waals surface area contributed by atoms with Crippen LogP contribution < -0.4 is 0 Å². The Bertz CT molecular complexity index is 228. The van der Waals surface area contributed by atoms with E-state index in [4.69, 9.17) is 10.2 Å². The number of piperidine rings is 1. The van der Waals surface area contributed by atoms with Gasteiger partial charge in [-0.3, -0.25) is 4.79 Å². The molecule has 0 spiro atoms. The lowest BCUT2D eigenvalue weighted by molar-refractivity contribution is -0.149. The number of rotatable bonds is 1. The zero-order valence-electron chi connectivity index (χ0n) is 7.75. The van der Waals surface area contributed by atoms with Gasteiger partial charge in [-0.25, -0.2) is 4.79 Å². The molecule has 0 aromatic carbocycles. The minimum Gasteiger partial charge on any atom is -0.481 e. The van der Waals surface area contributed by atoms with Gasteiger partial charge in [0.15, 0.2) is 0 Å². The number of aliphatic hydroxyl groups excluding tert-OH is 1. The van der Waals surface area contributed by atoms with Gasteiger partial charge >= 0.3 is 12.1 Å². The Morgan fingerprint density at radius 2 is 1.93 bits per heavy atom. The standard InChI is InChI=1S/C8H13NO5/c1-4-2-5(7(11)12)6(10)3-9(4)8(13)14/h4-6,10H,2-3H2,1H3,(H,11,12)(H,13,14)/t4-,5?,6?/m1/s1. The fraction of sp³-hybridized carbons (Fsp3) is 0.750. The molecule has 0 aromatic heterocycles. The first kappa shape index (κ1) is 10.8. The molecule has 1 saturated heterocycles. The minimum atomic E-state index is -1.12. The number of aliphatic carboxylic acids is 1. The van der Waals surface area contributed by atoms with Gasteiger partial charge in [-0.05, 0) is 13.3 Å². The Balaban J connectivity index is 2.71. The van der Waals surface area contributed by atoms with Gasteiger partial charge in [0.2, 0.25) is 0 Å². The van der Waals surface area contributed by atoms with E-state index in [1.54, 1.807) is 6.92 Å². The van der Waals surface area contributed by atoms with Crippen LogP contribution in [0.25, 0.3) is 0 Å². The SMILES string of the molecule is C[C@@H]1CC(C(=O)O)C(O)CN1C(=O)O. The Labute approximate surface area is 80.8 Å². The summed E-state index contributed by atoms with van der Waals surface area (Å²) in [5.41, 5.74) is 0. The fourth-order valence-corrected chi connectivity index (χ4v) is 1.69. The second-order valence-electron chi connectivity index (χ2n) is 3.53. The summed E-state index contributed by atoms with van der Waals surface area (Å²) in [7, 11) is 0. The van der Waals surface area contributed by atoms with Crippen LogP contribution in [0, 0.1) is 5.92 Å². The number of carbonyl (C=O) groups is 2. The van der Waals surface area contributed by atoms with Crippen LogP contribution in [0.2, 0.25) is 0 Å². The summed E-state index contributed by atoms with van der Waals surface area (Å²) in [6, 6.07) is -0.364. The molecule has 1 rings (SSSR count). The molecule has 6 nitrogen and oxygen atoms in total. The van der Waals surface area contributed by atoms with Crippen LogP contribution >= 0.6 is 0 Å². The molecule has 1 amide bonds. The molecular weight excluding hydrogens is 190 g/mol. The summed E-state index contributed by atoms with van der Waals surface area (Å²) in [4.78, 5) is 22.4. The molecule has 3 atom stereocenters. The van der Waals surface area contributed by atoms with Gasteiger partial charge in [0, 0.05) is 6.04 Å². The van der Waals surface area contributed by atoms with Crippen LogP contribution in [0.15, 0.2) is 0 Å². The molecule has 0 bridgehead atoms. The maximum Gasteiger partial charge on any atom is 0.407 e. The quantitative estimate of drug-likeness (QED) is 0.549. The molecular formula is C8H13NO5. The molecule has 0 saturated carbocycles. The molecule has 80 valence electrons. The van der Waals surface area contributed by atoms with E-state index in [0.717, 1.165) is 4.90 Å². The van der Waals surface area contributed by atoms with Gasteiger partial charge in [-0.1, -0.05) is 0 Å². The van der Waals surface area contributed by atoms with E-state index in [1.807, 2.05) is 0 Å². The Morgan fingerprint density at radius 3 is 2.36 bits per heavy atom. The number of carboxylic acid groups (broad SMARTS) is 2. The van der Waals surface area contributed by atoms with Crippen LogP contribution in [0.1, 0.15) is 13.3 Å². The maximum absolute atomic E-state index is 10.7. The highest BCUT2D eigenvalue weighted by atomic mass is 16.4. The lowest BCUT2D eigenvalue weighted by Crippen LogP contribution is -2.52. The first-order valence-corrected chi connectivity index (χ1v) is 4.34. The molecule has 0 aliphatic carbocycles. The third-order valence-corrected chi connectivity index (χ3v) is 2.54. The van der Waals surface area contributed by atoms with E-state index in [2.05, 4.69) is 0 Å². The van der Waals surface area contributed by atoms with Crippen LogP contribution in [-0.2, 0) is 4.79 Å². The second-order valence-corrected chi connectivity index (χ2v) is 3.53. The van der Waals surface area contributed by atoms with Gasteiger partial charge in [0.25, 0.3) is 0 Å². The first-order valence-electron chi connectivity index (χ1n) is 4.34. The van der Waals surface area contributed by atoms with Gasteiger partial charge in [0.05, 0.1) is 18.6 Å². The third kappa shape index (κ3) is 1.95. The lowest BCUT2D eigenvalue weighted by atomic mass is 9.89. The molecule has 6 heteroatoms. The molecule has 3 N–H and O–H groups in total. The first-order chi connectivity index (χ1) is 6.43. The van der Waals surface area contributed by atoms with E-state index in [1.165, 1.54) is 0 Å². The Morgan fingerprint density at radius 1 is 1.36 bits per heavy atom. The number of likely N-dealkylation sites (tertiary alicyclic amines) is 1. The van der Waals surface area contributed by atoms with Gasteiger partial charge in [-0.2, -0.15) is 0 Å². The zero-order chi connectivity index (χ0) is 10.9. The van der Waals surface area contributed by atoms with Crippen molar-refractivity contribution in [1.29, 1.82) is 0 Å². The molecule has 0 radical (unpaired) electrons. The smallest absolute Gasteiger partial charge is 0.407 e. The molecule has 1 aliphatic heterocycles. The number of aliphatic hydroxyl groups is 1.